The van der Waals surface area contributed by atoms with Gasteiger partial charge in [0.1, 0.15) is 6.04 Å². The van der Waals surface area contributed by atoms with E-state index in [1.54, 1.807) is 6.92 Å². The molecule has 0 aliphatic carbocycles. The second kappa shape index (κ2) is 5.09. The minimum atomic E-state index is -0.880. The summed E-state index contributed by atoms with van der Waals surface area (Å²) < 4.78 is 0. The highest BCUT2D eigenvalue weighted by atomic mass is 16.4. The van der Waals surface area contributed by atoms with Crippen LogP contribution in [0.4, 0.5) is 0 Å². The molecule has 0 aromatic rings. The summed E-state index contributed by atoms with van der Waals surface area (Å²) in [6.07, 6.45) is 1.15. The van der Waals surface area contributed by atoms with Gasteiger partial charge in [0.2, 0.25) is 5.91 Å². The number of aliphatic carboxylic acids is 1. The molecule has 0 radical (unpaired) electrons. The van der Waals surface area contributed by atoms with Gasteiger partial charge in [-0.15, -0.1) is 0 Å². The zero-order valence-electron chi connectivity index (χ0n) is 8.69. The van der Waals surface area contributed by atoms with Crippen LogP contribution in [0, 0.1) is 0 Å². The highest BCUT2D eigenvalue weighted by molar-refractivity contribution is 5.81. The number of carbonyl (C=O) groups is 2. The molecule has 1 amide bonds. The summed E-state index contributed by atoms with van der Waals surface area (Å²) in [7, 11) is 0. The average molecular weight is 215 g/mol. The topological polar surface area (TPSA) is 104 Å². The Morgan fingerprint density at radius 2 is 2.27 bits per heavy atom. The maximum atomic E-state index is 11.3. The fourth-order valence-electron chi connectivity index (χ4n) is 1.57. The van der Waals surface area contributed by atoms with Crippen molar-refractivity contribution in [2.24, 2.45) is 5.73 Å². The summed E-state index contributed by atoms with van der Waals surface area (Å²) in [5.74, 6) is -1.11. The van der Waals surface area contributed by atoms with E-state index in [1.165, 1.54) is 0 Å². The highest BCUT2D eigenvalue weighted by Crippen LogP contribution is 2.08. The molecule has 0 aromatic heterocycles. The quantitative estimate of drug-likeness (QED) is 0.466. The molecule has 0 aromatic carbocycles. The van der Waals surface area contributed by atoms with Crippen molar-refractivity contribution in [3.8, 4) is 0 Å². The van der Waals surface area contributed by atoms with Crippen LogP contribution in [0.25, 0.3) is 0 Å². The molecule has 0 spiro atoms. The number of amides is 1. The van der Waals surface area contributed by atoms with E-state index in [0.29, 0.717) is 13.0 Å². The number of carbonyl (C=O) groups excluding carboxylic acids is 1. The Bertz CT molecular complexity index is 255. The lowest BCUT2D eigenvalue weighted by Gasteiger charge is -2.28. The number of piperidine rings is 1. The van der Waals surface area contributed by atoms with Crippen LogP contribution in [0.2, 0.25) is 0 Å². The van der Waals surface area contributed by atoms with E-state index in [2.05, 4.69) is 10.6 Å². The molecule has 0 saturated carbocycles. The molecule has 3 atom stereocenters. The van der Waals surface area contributed by atoms with Crippen LogP contribution in [0.5, 0.6) is 0 Å². The Morgan fingerprint density at radius 3 is 2.80 bits per heavy atom. The molecular formula is C9H17N3O3. The van der Waals surface area contributed by atoms with Crippen LogP contribution >= 0.6 is 0 Å². The number of carboxylic acids is 1. The predicted octanol–water partition coefficient (Wildman–Crippen LogP) is -1.34. The summed E-state index contributed by atoms with van der Waals surface area (Å²) in [5.41, 5.74) is 5.40. The van der Waals surface area contributed by atoms with Gasteiger partial charge in [0.15, 0.2) is 0 Å². The number of nitrogens with two attached hydrogens (primary N) is 1. The van der Waals surface area contributed by atoms with Gasteiger partial charge in [-0.3, -0.25) is 9.59 Å². The van der Waals surface area contributed by atoms with Crippen LogP contribution < -0.4 is 16.4 Å². The van der Waals surface area contributed by atoms with Crippen LogP contribution in [0.3, 0.4) is 0 Å². The van der Waals surface area contributed by atoms with Crippen molar-refractivity contribution in [1.82, 2.24) is 10.6 Å². The fourth-order valence-corrected chi connectivity index (χ4v) is 1.57. The molecule has 1 aliphatic heterocycles. The smallest absolute Gasteiger partial charge is 0.320 e. The average Bonchev–Trinajstić information content (AvgIpc) is 2.18. The van der Waals surface area contributed by atoms with Gasteiger partial charge in [0, 0.05) is 6.04 Å². The van der Waals surface area contributed by atoms with Crippen LogP contribution in [0.15, 0.2) is 0 Å². The lowest BCUT2D eigenvalue weighted by molar-refractivity contribution is -0.140. The zero-order valence-corrected chi connectivity index (χ0v) is 8.69. The molecule has 86 valence electrons. The van der Waals surface area contributed by atoms with E-state index in [4.69, 9.17) is 10.8 Å². The van der Waals surface area contributed by atoms with Crippen molar-refractivity contribution >= 4 is 11.9 Å². The van der Waals surface area contributed by atoms with E-state index in [1.807, 2.05) is 0 Å². The lowest BCUT2D eigenvalue weighted by Crippen LogP contribution is -2.53. The predicted molar refractivity (Wildman–Crippen MR) is 54.2 cm³/mol. The second-order valence-electron chi connectivity index (χ2n) is 3.86. The largest absolute Gasteiger partial charge is 0.480 e. The Kier molecular flexibility index (Phi) is 4.05. The first-order valence-electron chi connectivity index (χ1n) is 5.03. The summed E-state index contributed by atoms with van der Waals surface area (Å²) in [6.45, 7) is 2.20. The van der Waals surface area contributed by atoms with Crippen LogP contribution in [-0.4, -0.2) is 41.7 Å². The Balaban J connectivity index is 2.43. The molecule has 1 saturated heterocycles. The van der Waals surface area contributed by atoms with Gasteiger partial charge >= 0.3 is 5.97 Å². The molecular weight excluding hydrogens is 198 g/mol. The number of hydrogen-bond acceptors (Lipinski definition) is 4. The summed E-state index contributed by atoms with van der Waals surface area (Å²) >= 11 is 0. The summed E-state index contributed by atoms with van der Waals surface area (Å²) in [5, 5.41) is 14.4. The maximum Gasteiger partial charge on any atom is 0.320 e. The number of rotatable bonds is 3. The molecule has 6 heteroatoms. The molecule has 1 rings (SSSR count). The standard InChI is InChI=1S/C9H17N3O3/c1-5(10)8(13)12-6-2-3-11-7(4-6)9(14)15/h5-7,11H,2-4,10H2,1H3,(H,12,13)(H,14,15). The molecule has 15 heavy (non-hydrogen) atoms. The van der Waals surface area contributed by atoms with Crippen molar-refractivity contribution in [3.05, 3.63) is 0 Å². The van der Waals surface area contributed by atoms with E-state index in [0.717, 1.165) is 6.42 Å². The van der Waals surface area contributed by atoms with Gasteiger partial charge in [-0.25, -0.2) is 0 Å². The van der Waals surface area contributed by atoms with Gasteiger partial charge in [-0.2, -0.15) is 0 Å². The lowest BCUT2D eigenvalue weighted by atomic mass is 9.99. The first-order chi connectivity index (χ1) is 7.00. The van der Waals surface area contributed by atoms with Gasteiger partial charge in [0.25, 0.3) is 0 Å². The van der Waals surface area contributed by atoms with Crippen LogP contribution in [-0.2, 0) is 9.59 Å². The SMILES string of the molecule is CC(N)C(=O)NC1CCNC(C(=O)O)C1. The van der Waals surface area contributed by atoms with E-state index in [-0.39, 0.29) is 11.9 Å². The highest BCUT2D eigenvalue weighted by Gasteiger charge is 2.27. The maximum absolute atomic E-state index is 11.3. The second-order valence-corrected chi connectivity index (χ2v) is 3.86. The molecule has 3 unspecified atom stereocenters. The molecule has 6 nitrogen and oxygen atoms in total. The molecule has 1 heterocycles. The molecule has 1 aliphatic rings. The van der Waals surface area contributed by atoms with Crippen molar-refractivity contribution in [2.45, 2.75) is 37.9 Å². The Morgan fingerprint density at radius 1 is 1.60 bits per heavy atom. The van der Waals surface area contributed by atoms with Crippen molar-refractivity contribution in [1.29, 1.82) is 0 Å². The Hall–Kier alpha value is -1.14. The molecule has 0 bridgehead atoms. The monoisotopic (exact) mass is 215 g/mol. The van der Waals surface area contributed by atoms with E-state index in [9.17, 15) is 9.59 Å². The van der Waals surface area contributed by atoms with Crippen molar-refractivity contribution in [3.63, 3.8) is 0 Å². The summed E-state index contributed by atoms with van der Waals surface area (Å²) in [4.78, 5) is 22.0. The number of carboxylic acid groups (broad SMARTS) is 1. The summed E-state index contributed by atoms with van der Waals surface area (Å²) in [6, 6.07) is -1.22. The Labute approximate surface area is 88.2 Å². The fraction of sp³-hybridized carbons (Fsp3) is 0.778. The van der Waals surface area contributed by atoms with E-state index < -0.39 is 18.1 Å². The molecule has 1 fully saturated rings. The van der Waals surface area contributed by atoms with Gasteiger partial charge in [-0.05, 0) is 26.3 Å². The van der Waals surface area contributed by atoms with Gasteiger partial charge in [0.05, 0.1) is 6.04 Å². The van der Waals surface area contributed by atoms with Crippen LogP contribution in [0.1, 0.15) is 19.8 Å². The molecule has 5 N–H and O–H groups in total. The third kappa shape index (κ3) is 3.49. The zero-order chi connectivity index (χ0) is 11.4. The first-order valence-corrected chi connectivity index (χ1v) is 5.03. The van der Waals surface area contributed by atoms with E-state index >= 15 is 0 Å². The number of nitrogens with one attached hydrogen (secondary N) is 2. The third-order valence-corrected chi connectivity index (χ3v) is 2.46. The number of hydrogen-bond donors (Lipinski definition) is 4. The minimum absolute atomic E-state index is 0.0918. The normalized spacial score (nSPS) is 28.1. The third-order valence-electron chi connectivity index (χ3n) is 2.46. The van der Waals surface area contributed by atoms with Gasteiger partial charge in [-0.1, -0.05) is 0 Å². The minimum Gasteiger partial charge on any atom is -0.480 e. The van der Waals surface area contributed by atoms with Crippen molar-refractivity contribution in [2.75, 3.05) is 6.54 Å². The van der Waals surface area contributed by atoms with Gasteiger partial charge < -0.3 is 21.5 Å². The first kappa shape index (κ1) is 11.9. The van der Waals surface area contributed by atoms with Crippen molar-refractivity contribution < 1.29 is 14.7 Å².